The molecule has 0 aliphatic carbocycles. The Morgan fingerprint density at radius 1 is 0.437 bits per heavy atom. The number of benzene rings is 8. The molecule has 0 fully saturated rings. The maximum absolute atomic E-state index is 15.5. The topological polar surface area (TPSA) is 42.3 Å². The predicted octanol–water partition coefficient (Wildman–Crippen LogP) is 16.6. The number of nitrogens with zero attached hydrogens (tertiary/aromatic N) is 2. The number of aryl methyl sites for hydroxylation is 1. The predicted molar refractivity (Wildman–Crippen MR) is 247 cm³/mol. The summed E-state index contributed by atoms with van der Waals surface area (Å²) in [5.41, 5.74) is -5.19. The molecule has 0 bridgehead atoms. The van der Waals surface area contributed by atoms with Gasteiger partial charge >= 0.3 is 24.7 Å². The van der Waals surface area contributed by atoms with Gasteiger partial charge in [-0.3, -0.25) is 9.59 Å². The van der Waals surface area contributed by atoms with Gasteiger partial charge in [-0.2, -0.15) is 52.7 Å². The minimum absolute atomic E-state index is 0.0188. The maximum Gasteiger partial charge on any atom is 0.416 e. The van der Waals surface area contributed by atoms with Gasteiger partial charge in [-0.1, -0.05) is 115 Å². The highest BCUT2D eigenvalue weighted by molar-refractivity contribution is 6.22. The molecule has 1 heterocycles. The Balaban J connectivity index is 1.35. The number of carbonyl (C=O) groups excluding carboxylic acids is 2. The number of amides is 2. The maximum atomic E-state index is 15.5. The smallest absolute Gasteiger partial charge is 0.308 e. The summed E-state index contributed by atoms with van der Waals surface area (Å²) in [6, 6.07) is 37.3. The van der Waals surface area contributed by atoms with E-state index >= 15 is 4.79 Å². The van der Waals surface area contributed by atoms with E-state index in [0.29, 0.717) is 52.9 Å². The van der Waals surface area contributed by atoms with Crippen molar-refractivity contribution in [2.24, 2.45) is 0 Å². The van der Waals surface area contributed by atoms with Crippen LogP contribution in [-0.4, -0.2) is 16.9 Å². The van der Waals surface area contributed by atoms with Crippen molar-refractivity contribution in [3.8, 4) is 50.2 Å². The molecule has 8 aromatic carbocycles. The van der Waals surface area contributed by atoms with E-state index in [0.717, 1.165) is 4.90 Å². The van der Waals surface area contributed by atoms with Gasteiger partial charge in [0.2, 0.25) is 6.41 Å². The molecule has 0 aliphatic heterocycles. The van der Waals surface area contributed by atoms with Crippen LogP contribution in [0.2, 0.25) is 0 Å². The van der Waals surface area contributed by atoms with Crippen LogP contribution in [0.3, 0.4) is 0 Å². The number of fused-ring (bicyclic) bond motifs is 3. The van der Waals surface area contributed by atoms with Gasteiger partial charge in [-0.15, -0.1) is 0 Å². The summed E-state index contributed by atoms with van der Waals surface area (Å²) >= 11 is 0. The van der Waals surface area contributed by atoms with E-state index in [-0.39, 0.29) is 67.6 Å². The number of aromatic nitrogens is 1. The lowest BCUT2D eigenvalue weighted by atomic mass is 9.94. The van der Waals surface area contributed by atoms with Gasteiger partial charge in [-0.25, -0.2) is 4.90 Å². The second kappa shape index (κ2) is 17.7. The summed E-state index contributed by atoms with van der Waals surface area (Å²) in [5, 5.41) is 0.539. The van der Waals surface area contributed by atoms with E-state index in [1.165, 1.54) is 53.1 Å². The van der Waals surface area contributed by atoms with Crippen molar-refractivity contribution < 1.29 is 62.3 Å². The summed E-state index contributed by atoms with van der Waals surface area (Å²) in [6.07, 6.45) is -20.5. The summed E-state index contributed by atoms with van der Waals surface area (Å²) in [5.74, 6) is -0.906. The van der Waals surface area contributed by atoms with Crippen LogP contribution in [0.5, 0.6) is 0 Å². The van der Waals surface area contributed by atoms with E-state index in [1.54, 1.807) is 91.9 Å². The first kappa shape index (κ1) is 47.9. The van der Waals surface area contributed by atoms with Crippen molar-refractivity contribution in [2.75, 3.05) is 4.90 Å². The van der Waals surface area contributed by atoms with Crippen LogP contribution in [0.25, 0.3) is 72.0 Å². The molecule has 4 nitrogen and oxygen atoms in total. The van der Waals surface area contributed by atoms with Gasteiger partial charge in [0, 0.05) is 21.9 Å². The molecule has 0 unspecified atom stereocenters. The quantitative estimate of drug-likeness (QED) is 0.112. The molecule has 0 spiro atoms. The summed E-state index contributed by atoms with van der Waals surface area (Å²) in [6.45, 7) is 1.55. The molecular formula is C55H32F12N2O2. The Hall–Kier alpha value is -8.14. The first-order valence-corrected chi connectivity index (χ1v) is 21.3. The molecule has 0 radical (unpaired) electrons. The average molecular weight is 981 g/mol. The second-order valence-corrected chi connectivity index (χ2v) is 16.6. The van der Waals surface area contributed by atoms with Crippen molar-refractivity contribution in [3.63, 3.8) is 0 Å². The lowest BCUT2D eigenvalue weighted by Gasteiger charge is -2.25. The van der Waals surface area contributed by atoms with Crippen molar-refractivity contribution in [1.29, 1.82) is 0 Å². The number of para-hydroxylation sites is 1. The second-order valence-electron chi connectivity index (χ2n) is 16.6. The average Bonchev–Trinajstić information content (AvgIpc) is 3.66. The van der Waals surface area contributed by atoms with Crippen LogP contribution in [-0.2, 0) is 29.5 Å². The SMILES string of the molecule is Cc1cccc(-n2c3cc(-c4cc(C(F)(F)F)cc(C(F)(F)F)c4)ccc3c3ccc(-c4cc(C(F)(F)F)cc(C(F)(F)F)c4)cc32)c1C(=O)N(C=O)c1c(-c2ccccc2)cccc1-c1ccccc1. The Kier molecular flexibility index (Phi) is 11.9. The monoisotopic (exact) mass is 980 g/mol. The third-order valence-electron chi connectivity index (χ3n) is 12.1. The molecule has 9 aromatic rings. The number of hydrogen-bond donors (Lipinski definition) is 0. The summed E-state index contributed by atoms with van der Waals surface area (Å²) in [7, 11) is 0. The first-order chi connectivity index (χ1) is 33.5. The molecule has 358 valence electrons. The molecule has 16 heteroatoms. The van der Waals surface area contributed by atoms with Gasteiger partial charge < -0.3 is 4.57 Å². The van der Waals surface area contributed by atoms with Crippen LogP contribution in [0.15, 0.2) is 170 Å². The van der Waals surface area contributed by atoms with Gasteiger partial charge in [0.25, 0.3) is 5.91 Å². The Labute approximate surface area is 395 Å². The standard InChI is InChI=1S/C55H32F12N2O2/c1-31-10-8-17-46(49(31)51(71)68(30-70)50-42(32-11-4-2-5-12-32)15-9-16-43(50)33-13-6-3-7-14-33)69-47-26-34(36-22-38(52(56,57)58)28-39(23-36)53(59,60)61)18-20-44(47)45-21-19-35(27-48(45)69)37-24-40(54(62,63)64)29-41(25-37)55(65,66)67/h2-30H,1H3. The number of alkyl halides is 12. The zero-order valence-corrected chi connectivity index (χ0v) is 36.5. The Morgan fingerprint density at radius 2 is 0.831 bits per heavy atom. The highest BCUT2D eigenvalue weighted by Crippen LogP contribution is 2.45. The molecule has 0 aliphatic rings. The number of rotatable bonds is 8. The highest BCUT2D eigenvalue weighted by atomic mass is 19.4. The molecule has 1 aromatic heterocycles. The van der Waals surface area contributed by atoms with E-state index < -0.39 is 64.0 Å². The number of anilines is 1. The minimum atomic E-state index is -5.21. The number of halogens is 12. The number of imide groups is 1. The van der Waals surface area contributed by atoms with E-state index in [1.807, 2.05) is 0 Å². The van der Waals surface area contributed by atoms with Crippen molar-refractivity contribution in [1.82, 2.24) is 4.57 Å². The van der Waals surface area contributed by atoms with Gasteiger partial charge in [-0.05, 0) is 100 Å². The Bertz CT molecular complexity index is 3280. The summed E-state index contributed by atoms with van der Waals surface area (Å²) in [4.78, 5) is 30.0. The van der Waals surface area contributed by atoms with E-state index in [2.05, 4.69) is 0 Å². The molecule has 0 saturated heterocycles. The Morgan fingerprint density at radius 3 is 1.21 bits per heavy atom. The van der Waals surface area contributed by atoms with Crippen LogP contribution >= 0.6 is 0 Å². The van der Waals surface area contributed by atoms with Crippen LogP contribution in [0.4, 0.5) is 58.4 Å². The van der Waals surface area contributed by atoms with Gasteiger partial charge in [0.05, 0.1) is 50.2 Å². The fourth-order valence-electron chi connectivity index (χ4n) is 8.82. The molecule has 2 amide bonds. The number of hydrogen-bond acceptors (Lipinski definition) is 2. The molecule has 0 atom stereocenters. The van der Waals surface area contributed by atoms with Gasteiger partial charge in [0.1, 0.15) is 0 Å². The summed E-state index contributed by atoms with van der Waals surface area (Å²) < 4.78 is 171. The zero-order chi connectivity index (χ0) is 50.8. The highest BCUT2D eigenvalue weighted by Gasteiger charge is 2.39. The molecular weight excluding hydrogens is 949 g/mol. The van der Waals surface area contributed by atoms with E-state index in [4.69, 9.17) is 0 Å². The minimum Gasteiger partial charge on any atom is -0.308 e. The van der Waals surface area contributed by atoms with Crippen molar-refractivity contribution in [2.45, 2.75) is 31.6 Å². The fraction of sp³-hybridized carbons (Fsp3) is 0.0909. The van der Waals surface area contributed by atoms with Crippen molar-refractivity contribution >= 4 is 39.8 Å². The first-order valence-electron chi connectivity index (χ1n) is 21.3. The molecule has 0 N–H and O–H groups in total. The third kappa shape index (κ3) is 9.12. The van der Waals surface area contributed by atoms with E-state index in [9.17, 15) is 57.5 Å². The van der Waals surface area contributed by atoms with Gasteiger partial charge in [0.15, 0.2) is 0 Å². The van der Waals surface area contributed by atoms with Crippen LogP contribution < -0.4 is 4.90 Å². The van der Waals surface area contributed by atoms with Crippen LogP contribution in [0, 0.1) is 6.92 Å². The largest absolute Gasteiger partial charge is 0.416 e. The normalized spacial score (nSPS) is 12.4. The lowest BCUT2D eigenvalue weighted by molar-refractivity contribution is -0.144. The molecule has 0 saturated carbocycles. The fourth-order valence-corrected chi connectivity index (χ4v) is 8.82. The molecule has 9 rings (SSSR count). The third-order valence-corrected chi connectivity index (χ3v) is 12.1. The van der Waals surface area contributed by atoms with Crippen LogP contribution in [0.1, 0.15) is 38.2 Å². The zero-order valence-electron chi connectivity index (χ0n) is 36.5. The number of carbonyl (C=O) groups is 2. The van der Waals surface area contributed by atoms with Crippen molar-refractivity contribution in [3.05, 3.63) is 203 Å². The molecule has 71 heavy (non-hydrogen) atoms. The lowest BCUT2D eigenvalue weighted by Crippen LogP contribution is -2.32.